The zero-order valence-corrected chi connectivity index (χ0v) is 24.0. The molecular weight excluding hydrogens is 412 g/mol. The predicted molar refractivity (Wildman–Crippen MR) is 139 cm³/mol. The minimum absolute atomic E-state index is 0. The molecular formula is C22H56O4Si3. The molecule has 0 aliphatic heterocycles. The second-order valence-corrected chi connectivity index (χ2v) is 21.4. The van der Waals surface area contributed by atoms with Gasteiger partial charge in [-0.05, 0) is 24.8 Å². The Morgan fingerprint density at radius 3 is 0.759 bits per heavy atom. The van der Waals surface area contributed by atoms with Gasteiger partial charge in [0.05, 0.1) is 0 Å². The van der Waals surface area contributed by atoms with E-state index in [1.807, 2.05) is 0 Å². The molecule has 0 aromatic heterocycles. The Morgan fingerprint density at radius 2 is 0.690 bits per heavy atom. The molecule has 0 saturated heterocycles. The van der Waals surface area contributed by atoms with Crippen molar-refractivity contribution in [2.75, 3.05) is 27.4 Å². The summed E-state index contributed by atoms with van der Waals surface area (Å²) in [5.41, 5.74) is 0. The molecule has 0 aromatic rings. The molecule has 0 aliphatic carbocycles. The second kappa shape index (κ2) is 11.9. The molecule has 0 bridgehead atoms. The van der Waals surface area contributed by atoms with E-state index in [2.05, 4.69) is 96.9 Å². The van der Waals surface area contributed by atoms with Crippen molar-refractivity contribution in [2.45, 2.75) is 117 Å². The Hall–Kier alpha value is 0.491. The topological polar surface area (TPSA) is 36.9 Å². The second-order valence-electron chi connectivity index (χ2n) is 11.5. The average Bonchev–Trinajstić information content (AvgIpc) is 2.44. The number of hydrogen-bond acceptors (Lipinski definition) is 4. The molecule has 0 amide bonds. The summed E-state index contributed by atoms with van der Waals surface area (Å²) in [6.45, 7) is 32.1. The van der Waals surface area contributed by atoms with Gasteiger partial charge in [0.2, 0.25) is 0 Å². The third kappa shape index (κ3) is 7.84. The molecule has 0 N–H and O–H groups in total. The summed E-state index contributed by atoms with van der Waals surface area (Å²) in [6.07, 6.45) is 0. The van der Waals surface area contributed by atoms with Gasteiger partial charge < -0.3 is 17.7 Å². The van der Waals surface area contributed by atoms with E-state index in [4.69, 9.17) is 17.7 Å². The fraction of sp³-hybridized carbons (Fsp3) is 1.00. The van der Waals surface area contributed by atoms with E-state index in [1.54, 1.807) is 14.2 Å². The molecule has 180 valence electrons. The predicted octanol–water partition coefficient (Wildman–Crippen LogP) is 5.97. The molecule has 4 nitrogen and oxygen atoms in total. The average molecular weight is 469 g/mol. The van der Waals surface area contributed by atoms with Crippen LogP contribution >= 0.6 is 0 Å². The summed E-state index contributed by atoms with van der Waals surface area (Å²) < 4.78 is 23.7. The largest absolute Gasteiger partial charge is 0.397 e. The summed E-state index contributed by atoms with van der Waals surface area (Å²) in [6, 6.07) is 0. The van der Waals surface area contributed by atoms with E-state index in [1.165, 1.54) is 0 Å². The van der Waals surface area contributed by atoms with Gasteiger partial charge in [0, 0.05) is 47.6 Å². The lowest BCUT2D eigenvalue weighted by Crippen LogP contribution is -2.57. The molecule has 7 heteroatoms. The first kappa shape index (κ1) is 34.1. The summed E-state index contributed by atoms with van der Waals surface area (Å²) in [5.74, 6) is 0. The monoisotopic (exact) mass is 468 g/mol. The Labute approximate surface area is 190 Å². The molecule has 29 heavy (non-hydrogen) atoms. The molecule has 0 spiro atoms. The van der Waals surface area contributed by atoms with Crippen LogP contribution in [-0.4, -0.2) is 55.5 Å². The Bertz CT molecular complexity index is 399. The Balaban J connectivity index is -0.000000455. The smallest absolute Gasteiger partial charge is 0.349 e. The summed E-state index contributed by atoms with van der Waals surface area (Å²) >= 11 is 0. The van der Waals surface area contributed by atoms with Crippen molar-refractivity contribution < 1.29 is 17.7 Å². The quantitative estimate of drug-likeness (QED) is 0.450. The van der Waals surface area contributed by atoms with Crippen molar-refractivity contribution in [3.63, 3.8) is 0 Å². The van der Waals surface area contributed by atoms with Crippen LogP contribution in [0.15, 0.2) is 0 Å². The van der Waals surface area contributed by atoms with Gasteiger partial charge in [-0.1, -0.05) is 83.1 Å². The highest BCUT2D eigenvalue weighted by Crippen LogP contribution is 2.52. The molecule has 0 fully saturated rings. The lowest BCUT2D eigenvalue weighted by Gasteiger charge is -2.48. The first-order valence-corrected chi connectivity index (χ1v) is 14.3. The first-order valence-electron chi connectivity index (χ1n) is 10.6. The van der Waals surface area contributed by atoms with Crippen molar-refractivity contribution in [1.82, 2.24) is 0 Å². The lowest BCUT2D eigenvalue weighted by molar-refractivity contribution is 0.138. The summed E-state index contributed by atoms with van der Waals surface area (Å²) in [4.78, 5) is 0. The van der Waals surface area contributed by atoms with E-state index < -0.39 is 17.1 Å². The van der Waals surface area contributed by atoms with Gasteiger partial charge in [-0.25, -0.2) is 0 Å². The van der Waals surface area contributed by atoms with Crippen LogP contribution in [0.1, 0.15) is 96.9 Å². The molecule has 0 saturated carbocycles. The number of hydrogen-bond donors (Lipinski definition) is 0. The van der Waals surface area contributed by atoms with Gasteiger partial charge >= 0.3 is 17.1 Å². The summed E-state index contributed by atoms with van der Waals surface area (Å²) in [7, 11) is -0.805. The van der Waals surface area contributed by atoms with Gasteiger partial charge in [0.25, 0.3) is 0 Å². The highest BCUT2D eigenvalue weighted by Gasteiger charge is 2.58. The van der Waals surface area contributed by atoms with Crippen molar-refractivity contribution in [2.24, 2.45) is 0 Å². The summed E-state index contributed by atoms with van der Waals surface area (Å²) in [5, 5.41) is 0.373. The van der Waals surface area contributed by atoms with Crippen LogP contribution in [0.25, 0.3) is 0 Å². The fourth-order valence-corrected chi connectivity index (χ4v) is 14.6. The van der Waals surface area contributed by atoms with Crippen LogP contribution in [0.4, 0.5) is 0 Å². The first-order chi connectivity index (χ1) is 12.2. The van der Waals surface area contributed by atoms with Crippen molar-refractivity contribution in [3.05, 3.63) is 0 Å². The van der Waals surface area contributed by atoms with Crippen LogP contribution in [-0.2, 0) is 17.7 Å². The standard InChI is InChI=1S/C12H28O2Si.C10H24O2Si.H4Si/c1-9-13-15(14-10-2,11(3,4)5)12(6,7)8;1-9(2,3)13(11-7,12-8)10(4,5)6;/h9-10H2,1-8H3;1-8H3;1H4. The maximum atomic E-state index is 6.12. The third-order valence-electron chi connectivity index (χ3n) is 5.22. The molecule has 0 aliphatic rings. The highest BCUT2D eigenvalue weighted by atomic mass is 28.4. The van der Waals surface area contributed by atoms with Crippen molar-refractivity contribution in [1.29, 1.82) is 0 Å². The maximum absolute atomic E-state index is 6.12. The Morgan fingerprint density at radius 1 is 0.483 bits per heavy atom. The van der Waals surface area contributed by atoms with Crippen molar-refractivity contribution >= 4 is 28.1 Å². The normalized spacial score (nSPS) is 14.1. The highest BCUT2D eigenvalue weighted by molar-refractivity contribution is 6.73. The zero-order valence-electron chi connectivity index (χ0n) is 22.0. The molecule has 0 rings (SSSR count). The minimum Gasteiger partial charge on any atom is -0.397 e. The fourth-order valence-electron chi connectivity index (χ4n) is 4.87. The zero-order chi connectivity index (χ0) is 23.2. The van der Waals surface area contributed by atoms with Gasteiger partial charge in [0.1, 0.15) is 0 Å². The van der Waals surface area contributed by atoms with E-state index >= 15 is 0 Å². The van der Waals surface area contributed by atoms with Crippen LogP contribution in [0, 0.1) is 0 Å². The molecule has 0 atom stereocenters. The van der Waals surface area contributed by atoms with Gasteiger partial charge in [-0.2, -0.15) is 0 Å². The van der Waals surface area contributed by atoms with Gasteiger partial charge in [-0.3, -0.25) is 0 Å². The number of rotatable bonds is 6. The van der Waals surface area contributed by atoms with E-state index in [-0.39, 0.29) is 31.1 Å². The van der Waals surface area contributed by atoms with Gasteiger partial charge in [-0.15, -0.1) is 0 Å². The minimum atomic E-state index is -2.20. The lowest BCUT2D eigenvalue weighted by atomic mass is 10.2. The van der Waals surface area contributed by atoms with E-state index in [0.29, 0.717) is 0 Å². The van der Waals surface area contributed by atoms with Crippen LogP contribution in [0.2, 0.25) is 20.2 Å². The van der Waals surface area contributed by atoms with Crippen LogP contribution in [0.5, 0.6) is 0 Å². The SMILES string of the molecule is CCO[Si](OCC)(C(C)(C)C)C(C)(C)C.CO[Si](OC)(C(C)(C)C)C(C)(C)C.[SiH4]. The maximum Gasteiger partial charge on any atom is 0.349 e. The van der Waals surface area contributed by atoms with Crippen LogP contribution in [0.3, 0.4) is 0 Å². The molecule has 0 unspecified atom stereocenters. The van der Waals surface area contributed by atoms with Gasteiger partial charge in [0.15, 0.2) is 0 Å². The molecule has 0 aromatic carbocycles. The van der Waals surface area contributed by atoms with Crippen molar-refractivity contribution in [3.8, 4) is 0 Å². The molecule has 0 heterocycles. The van der Waals surface area contributed by atoms with E-state index in [0.717, 1.165) is 13.2 Å². The van der Waals surface area contributed by atoms with Crippen LogP contribution < -0.4 is 0 Å². The molecule has 0 radical (unpaired) electrons. The third-order valence-corrected chi connectivity index (χ3v) is 15.7. The van der Waals surface area contributed by atoms with E-state index in [9.17, 15) is 0 Å². The Kier molecular flexibility index (Phi) is 14.0.